The van der Waals surface area contributed by atoms with E-state index in [1.54, 1.807) is 6.07 Å². The molecule has 0 saturated carbocycles. The van der Waals surface area contributed by atoms with Crippen molar-refractivity contribution in [3.63, 3.8) is 0 Å². The highest BCUT2D eigenvalue weighted by Gasteiger charge is 2.29. The maximum absolute atomic E-state index is 13.5. The van der Waals surface area contributed by atoms with Crippen LogP contribution in [-0.4, -0.2) is 40.3 Å². The Kier molecular flexibility index (Phi) is 4.23. The van der Waals surface area contributed by atoms with Crippen molar-refractivity contribution in [1.29, 1.82) is 0 Å². The molecular weight excluding hydrogens is 368 g/mol. The second-order valence-corrected chi connectivity index (χ2v) is 7.76. The molecule has 0 atom stereocenters. The van der Waals surface area contributed by atoms with Gasteiger partial charge in [0.15, 0.2) is 0 Å². The van der Waals surface area contributed by atoms with Crippen LogP contribution in [0, 0.1) is 10.1 Å². The Morgan fingerprint density at radius 3 is 2.66 bits per heavy atom. The number of aromatic amines is 1. The fourth-order valence-electron chi connectivity index (χ4n) is 4.55. The summed E-state index contributed by atoms with van der Waals surface area (Å²) in [7, 11) is 0. The van der Waals surface area contributed by atoms with Gasteiger partial charge in [0.2, 0.25) is 0 Å². The van der Waals surface area contributed by atoms with Gasteiger partial charge in [0.05, 0.1) is 16.2 Å². The topological polar surface area (TPSA) is 82.5 Å². The second-order valence-electron chi connectivity index (χ2n) is 7.76. The first-order valence-electron chi connectivity index (χ1n) is 10.0. The summed E-state index contributed by atoms with van der Waals surface area (Å²) < 4.78 is 0. The molecule has 1 amide bonds. The number of nitro benzene ring substituents is 1. The zero-order valence-corrected chi connectivity index (χ0v) is 16.1. The minimum Gasteiger partial charge on any atom is -0.371 e. The lowest BCUT2D eigenvalue weighted by Crippen LogP contribution is -2.36. The van der Waals surface area contributed by atoms with Crippen molar-refractivity contribution in [2.75, 3.05) is 24.5 Å². The maximum Gasteiger partial charge on any atom is 0.270 e. The van der Waals surface area contributed by atoms with Crippen LogP contribution in [0.4, 0.5) is 11.4 Å². The molecule has 3 aromatic rings. The van der Waals surface area contributed by atoms with Gasteiger partial charge in [0, 0.05) is 66.9 Å². The molecule has 5 rings (SSSR count). The number of amides is 1. The standard InChI is InChI=1S/C22H22N4O3/c27-22(17-13-15(26(28)29)7-8-21(17)24-10-3-4-11-24)25-12-9-20-18(14-25)16-5-1-2-6-19(16)23-20/h1-2,5-8,13,23H,3-4,9-12,14H2. The highest BCUT2D eigenvalue weighted by Crippen LogP contribution is 2.32. The number of aromatic nitrogens is 1. The van der Waals surface area contributed by atoms with Crippen LogP contribution in [0.25, 0.3) is 10.9 Å². The van der Waals surface area contributed by atoms with Crippen LogP contribution in [0.3, 0.4) is 0 Å². The zero-order valence-electron chi connectivity index (χ0n) is 16.1. The van der Waals surface area contributed by atoms with Gasteiger partial charge in [-0.2, -0.15) is 0 Å². The third kappa shape index (κ3) is 3.03. The number of rotatable bonds is 3. The van der Waals surface area contributed by atoms with Gasteiger partial charge in [0.1, 0.15) is 0 Å². The number of nitro groups is 1. The smallest absolute Gasteiger partial charge is 0.270 e. The number of carbonyl (C=O) groups excluding carboxylic acids is 1. The highest BCUT2D eigenvalue weighted by molar-refractivity contribution is 6.01. The average molecular weight is 390 g/mol. The van der Waals surface area contributed by atoms with Gasteiger partial charge in [-0.1, -0.05) is 18.2 Å². The molecule has 29 heavy (non-hydrogen) atoms. The van der Waals surface area contributed by atoms with Gasteiger partial charge in [-0.15, -0.1) is 0 Å². The predicted molar refractivity (Wildman–Crippen MR) is 111 cm³/mol. The van der Waals surface area contributed by atoms with Crippen LogP contribution in [0.1, 0.15) is 34.5 Å². The quantitative estimate of drug-likeness (QED) is 0.544. The van der Waals surface area contributed by atoms with E-state index < -0.39 is 4.92 Å². The summed E-state index contributed by atoms with van der Waals surface area (Å²) in [5.41, 5.74) is 4.61. The number of fused-ring (bicyclic) bond motifs is 3. The van der Waals surface area contributed by atoms with E-state index in [2.05, 4.69) is 16.0 Å². The number of nitrogens with zero attached hydrogens (tertiary/aromatic N) is 3. The molecule has 0 unspecified atom stereocenters. The summed E-state index contributed by atoms with van der Waals surface area (Å²) in [4.78, 5) is 31.8. The molecule has 0 bridgehead atoms. The van der Waals surface area contributed by atoms with Crippen molar-refractivity contribution < 1.29 is 9.72 Å². The van der Waals surface area contributed by atoms with E-state index in [0.29, 0.717) is 18.7 Å². The van der Waals surface area contributed by atoms with Crippen LogP contribution in [0.2, 0.25) is 0 Å². The summed E-state index contributed by atoms with van der Waals surface area (Å²) in [6, 6.07) is 12.8. The van der Waals surface area contributed by atoms with Gasteiger partial charge in [-0.05, 0) is 25.0 Å². The van der Waals surface area contributed by atoms with Crippen molar-refractivity contribution in [2.24, 2.45) is 0 Å². The molecule has 1 saturated heterocycles. The number of nitrogens with one attached hydrogen (secondary N) is 1. The third-order valence-corrected chi connectivity index (χ3v) is 6.04. The number of hydrogen-bond acceptors (Lipinski definition) is 4. The Morgan fingerprint density at radius 2 is 1.86 bits per heavy atom. The van der Waals surface area contributed by atoms with E-state index in [0.717, 1.165) is 54.5 Å². The van der Waals surface area contributed by atoms with Gasteiger partial charge >= 0.3 is 0 Å². The molecule has 7 heteroatoms. The largest absolute Gasteiger partial charge is 0.371 e. The fourth-order valence-corrected chi connectivity index (χ4v) is 4.55. The molecule has 148 valence electrons. The van der Waals surface area contributed by atoms with Crippen LogP contribution >= 0.6 is 0 Å². The number of carbonyl (C=O) groups is 1. The molecule has 2 aliphatic heterocycles. The molecule has 7 nitrogen and oxygen atoms in total. The third-order valence-electron chi connectivity index (χ3n) is 6.04. The number of hydrogen-bond donors (Lipinski definition) is 1. The Balaban J connectivity index is 1.51. The van der Waals surface area contributed by atoms with Gasteiger partial charge in [-0.3, -0.25) is 14.9 Å². The number of anilines is 1. The lowest BCUT2D eigenvalue weighted by molar-refractivity contribution is -0.384. The van der Waals surface area contributed by atoms with E-state index in [-0.39, 0.29) is 11.6 Å². The lowest BCUT2D eigenvalue weighted by atomic mass is 10.0. The summed E-state index contributed by atoms with van der Waals surface area (Å²) in [6.45, 7) is 2.87. The number of para-hydroxylation sites is 1. The Morgan fingerprint density at radius 1 is 1.07 bits per heavy atom. The minimum atomic E-state index is -0.432. The molecule has 2 aliphatic rings. The van der Waals surface area contributed by atoms with Crippen LogP contribution < -0.4 is 4.90 Å². The Hall–Kier alpha value is -3.35. The van der Waals surface area contributed by atoms with E-state index in [4.69, 9.17) is 0 Å². The predicted octanol–water partition coefficient (Wildman–Crippen LogP) is 3.87. The Labute approximate surface area is 168 Å². The van der Waals surface area contributed by atoms with E-state index in [9.17, 15) is 14.9 Å². The van der Waals surface area contributed by atoms with Gasteiger partial charge in [0.25, 0.3) is 11.6 Å². The molecular formula is C22H22N4O3. The van der Waals surface area contributed by atoms with E-state index in [1.807, 2.05) is 23.1 Å². The molecule has 0 spiro atoms. The van der Waals surface area contributed by atoms with E-state index in [1.165, 1.54) is 17.8 Å². The monoisotopic (exact) mass is 390 g/mol. The average Bonchev–Trinajstić information content (AvgIpc) is 3.40. The molecule has 1 fully saturated rings. The first kappa shape index (κ1) is 17.7. The highest BCUT2D eigenvalue weighted by atomic mass is 16.6. The Bertz CT molecular complexity index is 1110. The first-order valence-corrected chi connectivity index (χ1v) is 10.0. The van der Waals surface area contributed by atoms with Crippen molar-refractivity contribution in [1.82, 2.24) is 9.88 Å². The first-order chi connectivity index (χ1) is 14.1. The summed E-state index contributed by atoms with van der Waals surface area (Å²) in [5, 5.41) is 12.5. The van der Waals surface area contributed by atoms with Crippen molar-refractivity contribution in [2.45, 2.75) is 25.8 Å². The number of H-pyrrole nitrogens is 1. The number of benzene rings is 2. The van der Waals surface area contributed by atoms with Gasteiger partial charge < -0.3 is 14.8 Å². The summed E-state index contributed by atoms with van der Waals surface area (Å²) in [6.07, 6.45) is 2.91. The van der Waals surface area contributed by atoms with Crippen LogP contribution in [-0.2, 0) is 13.0 Å². The van der Waals surface area contributed by atoms with Crippen LogP contribution in [0.15, 0.2) is 42.5 Å². The van der Waals surface area contributed by atoms with Gasteiger partial charge in [-0.25, -0.2) is 0 Å². The van der Waals surface area contributed by atoms with Crippen LogP contribution in [0.5, 0.6) is 0 Å². The molecule has 0 radical (unpaired) electrons. The normalized spacial score (nSPS) is 16.3. The molecule has 3 heterocycles. The summed E-state index contributed by atoms with van der Waals surface area (Å²) in [5.74, 6) is -0.133. The number of non-ortho nitro benzene ring substituents is 1. The minimum absolute atomic E-state index is 0.0407. The zero-order chi connectivity index (χ0) is 20.0. The fraction of sp³-hybridized carbons (Fsp3) is 0.318. The molecule has 0 aliphatic carbocycles. The SMILES string of the molecule is O=C(c1cc([N+](=O)[O-])ccc1N1CCCC1)N1CCc2[nH]c3ccccc3c2C1. The molecule has 1 aromatic heterocycles. The van der Waals surface area contributed by atoms with Crippen molar-refractivity contribution >= 4 is 28.2 Å². The summed E-state index contributed by atoms with van der Waals surface area (Å²) >= 11 is 0. The molecule has 1 N–H and O–H groups in total. The van der Waals surface area contributed by atoms with Crippen molar-refractivity contribution in [3.05, 3.63) is 69.4 Å². The second kappa shape index (κ2) is 6.92. The van der Waals surface area contributed by atoms with E-state index >= 15 is 0 Å². The maximum atomic E-state index is 13.5. The molecule has 2 aromatic carbocycles. The lowest BCUT2D eigenvalue weighted by Gasteiger charge is -2.29. The van der Waals surface area contributed by atoms with Crippen molar-refractivity contribution in [3.8, 4) is 0 Å².